The second-order valence-electron chi connectivity index (χ2n) is 5.40. The Bertz CT molecular complexity index is 869. The van der Waals surface area contributed by atoms with Crippen molar-refractivity contribution in [2.45, 2.75) is 30.3 Å². The van der Waals surface area contributed by atoms with Crippen LogP contribution < -0.4 is 0 Å². The highest BCUT2D eigenvalue weighted by Gasteiger charge is 2.40. The number of rotatable bonds is 5. The van der Waals surface area contributed by atoms with E-state index >= 15 is 0 Å². The summed E-state index contributed by atoms with van der Waals surface area (Å²) in [6.07, 6.45) is 1.24. The first-order chi connectivity index (χ1) is 11.3. The lowest BCUT2D eigenvalue weighted by Gasteiger charge is -2.22. The average Bonchev–Trinajstić information content (AvgIpc) is 3.30. The molecule has 1 aromatic carbocycles. The van der Waals surface area contributed by atoms with E-state index in [1.54, 1.807) is 0 Å². The highest BCUT2D eigenvalue weighted by Crippen LogP contribution is 2.36. The van der Waals surface area contributed by atoms with Gasteiger partial charge in [0.1, 0.15) is 21.7 Å². The molecule has 24 heavy (non-hydrogen) atoms. The molecule has 1 aliphatic rings. The molecule has 0 N–H and O–H groups in total. The molecule has 4 nitrogen and oxygen atoms in total. The van der Waals surface area contributed by atoms with Crippen molar-refractivity contribution in [2.75, 3.05) is 0 Å². The monoisotopic (exact) mass is 392 g/mol. The molecule has 2 aromatic rings. The van der Waals surface area contributed by atoms with E-state index < -0.39 is 28.2 Å². The molecular formula is C15H12Cl2F2N2O2S. The van der Waals surface area contributed by atoms with Crippen LogP contribution in [-0.4, -0.2) is 23.7 Å². The molecule has 0 unspecified atom stereocenters. The number of aromatic nitrogens is 1. The fraction of sp³-hybridized carbons (Fsp3) is 0.267. The predicted molar refractivity (Wildman–Crippen MR) is 86.4 cm³/mol. The van der Waals surface area contributed by atoms with Gasteiger partial charge < -0.3 is 0 Å². The molecule has 0 radical (unpaired) electrons. The smallest absolute Gasteiger partial charge is 0.223 e. The number of hydrogen-bond acceptors (Lipinski definition) is 3. The second kappa shape index (κ2) is 6.55. The van der Waals surface area contributed by atoms with Gasteiger partial charge in [0, 0.05) is 18.2 Å². The molecule has 128 valence electrons. The largest absolute Gasteiger partial charge is 0.246 e. The molecule has 0 atom stereocenters. The number of hydrogen-bond donors (Lipinski definition) is 0. The van der Waals surface area contributed by atoms with Gasteiger partial charge in [-0.15, -0.1) is 0 Å². The van der Waals surface area contributed by atoms with Gasteiger partial charge in [-0.1, -0.05) is 29.3 Å². The summed E-state index contributed by atoms with van der Waals surface area (Å²) in [5, 5.41) is -0.223. The van der Waals surface area contributed by atoms with Crippen molar-refractivity contribution in [1.82, 2.24) is 9.29 Å². The van der Waals surface area contributed by atoms with Gasteiger partial charge in [0.15, 0.2) is 5.15 Å². The Morgan fingerprint density at radius 1 is 1.12 bits per heavy atom. The molecular weight excluding hydrogens is 381 g/mol. The Morgan fingerprint density at radius 2 is 1.75 bits per heavy atom. The van der Waals surface area contributed by atoms with Crippen molar-refractivity contribution < 1.29 is 17.2 Å². The summed E-state index contributed by atoms with van der Waals surface area (Å²) in [4.78, 5) is 3.48. The van der Waals surface area contributed by atoms with E-state index in [-0.39, 0.29) is 26.8 Å². The Balaban J connectivity index is 2.02. The van der Waals surface area contributed by atoms with Gasteiger partial charge >= 0.3 is 0 Å². The Morgan fingerprint density at radius 3 is 2.29 bits per heavy atom. The summed E-state index contributed by atoms with van der Waals surface area (Å²) in [5.41, 5.74) is -0.300. The van der Waals surface area contributed by atoms with Crippen LogP contribution in [0.15, 0.2) is 35.2 Å². The molecule has 1 saturated carbocycles. The zero-order valence-electron chi connectivity index (χ0n) is 12.2. The van der Waals surface area contributed by atoms with E-state index in [1.165, 1.54) is 18.2 Å². The van der Waals surface area contributed by atoms with Gasteiger partial charge in [-0.3, -0.25) is 0 Å². The molecule has 1 aliphatic carbocycles. The first-order valence-electron chi connectivity index (χ1n) is 7.07. The van der Waals surface area contributed by atoms with E-state index in [9.17, 15) is 17.2 Å². The minimum atomic E-state index is -4.07. The summed E-state index contributed by atoms with van der Waals surface area (Å²) in [6, 6.07) is 5.62. The summed E-state index contributed by atoms with van der Waals surface area (Å²) >= 11 is 11.6. The van der Waals surface area contributed by atoms with Gasteiger partial charge in [0.25, 0.3) is 0 Å². The van der Waals surface area contributed by atoms with Crippen LogP contribution in [0.2, 0.25) is 10.3 Å². The minimum absolute atomic E-state index is 0.0528. The maximum Gasteiger partial charge on any atom is 0.246 e. The molecule has 1 aromatic heterocycles. The number of nitrogens with zero attached hydrogens (tertiary/aromatic N) is 2. The predicted octanol–water partition coefficient (Wildman–Crippen LogP) is 4.02. The zero-order chi connectivity index (χ0) is 17.5. The van der Waals surface area contributed by atoms with Crippen LogP contribution in [0.5, 0.6) is 0 Å². The van der Waals surface area contributed by atoms with E-state index in [2.05, 4.69) is 4.98 Å². The maximum atomic E-state index is 13.9. The van der Waals surface area contributed by atoms with Crippen LogP contribution in [0, 0.1) is 11.6 Å². The normalized spacial score (nSPS) is 15.0. The number of sulfonamides is 1. The van der Waals surface area contributed by atoms with Crippen molar-refractivity contribution >= 4 is 33.2 Å². The van der Waals surface area contributed by atoms with Crippen LogP contribution in [0.3, 0.4) is 0 Å². The molecule has 0 saturated heterocycles. The van der Waals surface area contributed by atoms with Crippen LogP contribution in [0.4, 0.5) is 8.78 Å². The number of halogens is 4. The summed E-state index contributed by atoms with van der Waals surface area (Å²) in [7, 11) is -4.07. The summed E-state index contributed by atoms with van der Waals surface area (Å²) in [5.74, 6) is -1.59. The molecule has 1 heterocycles. The Labute approximate surface area is 148 Å². The lowest BCUT2D eigenvalue weighted by molar-refractivity contribution is 0.382. The Kier molecular flexibility index (Phi) is 4.79. The number of pyridine rings is 1. The van der Waals surface area contributed by atoms with Gasteiger partial charge in [0.05, 0.1) is 0 Å². The number of benzene rings is 1. The fourth-order valence-electron chi connectivity index (χ4n) is 2.33. The van der Waals surface area contributed by atoms with Crippen LogP contribution in [-0.2, 0) is 16.6 Å². The van der Waals surface area contributed by atoms with Gasteiger partial charge in [0.2, 0.25) is 10.0 Å². The third-order valence-corrected chi connectivity index (χ3v) is 6.24. The molecule has 0 bridgehead atoms. The first-order valence-corrected chi connectivity index (χ1v) is 9.27. The van der Waals surface area contributed by atoms with Gasteiger partial charge in [-0.05, 0) is 37.1 Å². The summed E-state index contributed by atoms with van der Waals surface area (Å²) in [6.45, 7) is -0.412. The molecule has 0 aliphatic heterocycles. The van der Waals surface area contributed by atoms with Crippen LogP contribution in [0.1, 0.15) is 18.4 Å². The Hall–Kier alpha value is -1.28. The van der Waals surface area contributed by atoms with Gasteiger partial charge in [-0.25, -0.2) is 22.2 Å². The summed E-state index contributed by atoms with van der Waals surface area (Å²) < 4.78 is 54.6. The standard InChI is InChI=1S/C15H12Cl2F2N2O2S/c16-14-7-6-13(15(17)20-14)24(22,23)21(9-4-5-9)8-10-11(18)2-1-3-12(10)19/h1-3,6-7,9H,4-5,8H2. The molecule has 9 heteroatoms. The molecule has 3 rings (SSSR count). The van der Waals surface area contributed by atoms with Crippen LogP contribution in [0.25, 0.3) is 0 Å². The van der Waals surface area contributed by atoms with Crippen molar-refractivity contribution in [1.29, 1.82) is 0 Å². The highest BCUT2D eigenvalue weighted by molar-refractivity contribution is 7.89. The van der Waals surface area contributed by atoms with E-state index in [1.807, 2.05) is 0 Å². The third-order valence-electron chi connectivity index (χ3n) is 3.70. The minimum Gasteiger partial charge on any atom is -0.223 e. The quantitative estimate of drug-likeness (QED) is 0.721. The lowest BCUT2D eigenvalue weighted by atomic mass is 10.2. The van der Waals surface area contributed by atoms with Crippen molar-refractivity contribution in [3.8, 4) is 0 Å². The maximum absolute atomic E-state index is 13.9. The van der Waals surface area contributed by atoms with Crippen molar-refractivity contribution in [3.05, 3.63) is 57.8 Å². The topological polar surface area (TPSA) is 50.3 Å². The van der Waals surface area contributed by atoms with Crippen molar-refractivity contribution in [3.63, 3.8) is 0 Å². The van der Waals surface area contributed by atoms with E-state index in [4.69, 9.17) is 23.2 Å². The molecule has 0 amide bonds. The van der Waals surface area contributed by atoms with E-state index in [0.717, 1.165) is 16.4 Å². The van der Waals surface area contributed by atoms with E-state index in [0.29, 0.717) is 12.8 Å². The molecule has 1 fully saturated rings. The average molecular weight is 393 g/mol. The SMILES string of the molecule is O=S(=O)(c1ccc(Cl)nc1Cl)N(Cc1c(F)cccc1F)C1CC1. The third kappa shape index (κ3) is 3.39. The first kappa shape index (κ1) is 17.5. The van der Waals surface area contributed by atoms with Crippen molar-refractivity contribution in [2.24, 2.45) is 0 Å². The zero-order valence-corrected chi connectivity index (χ0v) is 14.5. The fourth-order valence-corrected chi connectivity index (χ4v) is 4.62. The molecule has 0 spiro atoms. The van der Waals surface area contributed by atoms with Crippen LogP contribution >= 0.6 is 23.2 Å². The van der Waals surface area contributed by atoms with Gasteiger partial charge in [-0.2, -0.15) is 4.31 Å². The second-order valence-corrected chi connectivity index (χ2v) is 8.01. The highest BCUT2D eigenvalue weighted by atomic mass is 35.5. The lowest BCUT2D eigenvalue weighted by Crippen LogP contribution is -2.33.